The highest BCUT2D eigenvalue weighted by Gasteiger charge is 2.14. The molecule has 1 aromatic rings. The number of hydrogen-bond acceptors (Lipinski definition) is 3. The molecule has 0 aliphatic carbocycles. The summed E-state index contributed by atoms with van der Waals surface area (Å²) in [5, 5.41) is 0. The molecule has 6 heteroatoms. The fourth-order valence-electron chi connectivity index (χ4n) is 2.09. The summed E-state index contributed by atoms with van der Waals surface area (Å²) in [4.78, 5) is 37.1. The molecule has 1 rings (SSSR count). The third-order valence-corrected chi connectivity index (χ3v) is 3.29. The average Bonchev–Trinajstić information content (AvgIpc) is 2.50. The first-order chi connectivity index (χ1) is 10.6. The summed E-state index contributed by atoms with van der Waals surface area (Å²) < 4.78 is 3.32. The van der Waals surface area contributed by atoms with Crippen LogP contribution in [0.3, 0.4) is 0 Å². The molecule has 0 fully saturated rings. The standard InChI is InChI=1S/C16H23N3O3/c1-4-7-10-13-19-15(21)17(11-8-5-2)14(20)18(16(19)22)12-9-6-3/h4-6H,1-3,7-13H2. The lowest BCUT2D eigenvalue weighted by Gasteiger charge is -2.12. The van der Waals surface area contributed by atoms with E-state index in [0.717, 1.165) is 13.7 Å². The van der Waals surface area contributed by atoms with E-state index in [1.807, 2.05) is 0 Å². The highest BCUT2D eigenvalue weighted by molar-refractivity contribution is 4.82. The summed E-state index contributed by atoms with van der Waals surface area (Å²) in [7, 11) is 0. The van der Waals surface area contributed by atoms with Crippen LogP contribution in [-0.2, 0) is 19.6 Å². The molecule has 0 aliphatic rings. The molecule has 0 radical (unpaired) electrons. The lowest BCUT2D eigenvalue weighted by molar-refractivity contribution is 0.442. The molecule has 0 saturated heterocycles. The van der Waals surface area contributed by atoms with E-state index in [4.69, 9.17) is 0 Å². The van der Waals surface area contributed by atoms with Crippen LogP contribution < -0.4 is 17.1 Å². The van der Waals surface area contributed by atoms with E-state index in [1.54, 1.807) is 18.2 Å². The first kappa shape index (κ1) is 17.7. The van der Waals surface area contributed by atoms with Crippen LogP contribution in [0.15, 0.2) is 52.3 Å². The van der Waals surface area contributed by atoms with Crippen LogP contribution >= 0.6 is 0 Å². The SMILES string of the molecule is C=CCCCn1c(=O)n(CCC=C)c(=O)n(CCC=C)c1=O. The van der Waals surface area contributed by atoms with Crippen LogP contribution in [0.1, 0.15) is 25.7 Å². The molecular weight excluding hydrogens is 282 g/mol. The maximum absolute atomic E-state index is 12.4. The maximum Gasteiger partial charge on any atom is 0.336 e. The maximum atomic E-state index is 12.4. The van der Waals surface area contributed by atoms with Crippen LogP contribution in [0.4, 0.5) is 0 Å². The smallest absolute Gasteiger partial charge is 0.247 e. The van der Waals surface area contributed by atoms with Gasteiger partial charge in [-0.2, -0.15) is 0 Å². The molecule has 6 nitrogen and oxygen atoms in total. The van der Waals surface area contributed by atoms with E-state index in [0.29, 0.717) is 25.7 Å². The summed E-state index contributed by atoms with van der Waals surface area (Å²) in [5.74, 6) is 0. The molecule has 0 spiro atoms. The molecule has 1 heterocycles. The number of aromatic nitrogens is 3. The normalized spacial score (nSPS) is 10.4. The van der Waals surface area contributed by atoms with Crippen molar-refractivity contribution in [3.8, 4) is 0 Å². The Balaban J connectivity index is 3.40. The van der Waals surface area contributed by atoms with Gasteiger partial charge in [-0.05, 0) is 25.7 Å². The zero-order valence-electron chi connectivity index (χ0n) is 12.9. The average molecular weight is 305 g/mol. The monoisotopic (exact) mass is 305 g/mol. The molecule has 0 bridgehead atoms. The van der Waals surface area contributed by atoms with Crippen LogP contribution in [-0.4, -0.2) is 13.7 Å². The first-order valence-electron chi connectivity index (χ1n) is 7.35. The highest BCUT2D eigenvalue weighted by Crippen LogP contribution is 1.92. The highest BCUT2D eigenvalue weighted by atomic mass is 16.2. The Labute approximate surface area is 129 Å². The molecule has 22 heavy (non-hydrogen) atoms. The Hall–Kier alpha value is -2.37. The van der Waals surface area contributed by atoms with Gasteiger partial charge in [-0.25, -0.2) is 28.1 Å². The Bertz CT molecular complexity index is 657. The predicted octanol–water partition coefficient (Wildman–Crippen LogP) is 1.29. The van der Waals surface area contributed by atoms with Crippen molar-refractivity contribution in [1.82, 2.24) is 13.7 Å². The molecule has 0 unspecified atom stereocenters. The Kier molecular flexibility index (Phi) is 7.08. The largest absolute Gasteiger partial charge is 0.336 e. The van der Waals surface area contributed by atoms with Crippen molar-refractivity contribution in [3.05, 3.63) is 69.4 Å². The van der Waals surface area contributed by atoms with Crippen molar-refractivity contribution in [1.29, 1.82) is 0 Å². The van der Waals surface area contributed by atoms with E-state index in [1.165, 1.54) is 0 Å². The number of rotatable bonds is 10. The lowest BCUT2D eigenvalue weighted by atomic mass is 10.3. The molecular formula is C16H23N3O3. The topological polar surface area (TPSA) is 66.0 Å². The number of hydrogen-bond donors (Lipinski definition) is 0. The van der Waals surface area contributed by atoms with Crippen molar-refractivity contribution >= 4 is 0 Å². The molecule has 0 N–H and O–H groups in total. The Morgan fingerprint density at radius 3 is 1.36 bits per heavy atom. The molecule has 0 saturated carbocycles. The second kappa shape index (κ2) is 8.81. The van der Waals surface area contributed by atoms with Gasteiger partial charge in [0.2, 0.25) is 0 Å². The fourth-order valence-corrected chi connectivity index (χ4v) is 2.09. The third kappa shape index (κ3) is 4.07. The molecule has 0 aromatic carbocycles. The minimum atomic E-state index is -0.571. The zero-order chi connectivity index (χ0) is 16.5. The molecule has 0 aliphatic heterocycles. The van der Waals surface area contributed by atoms with Crippen LogP contribution in [0.25, 0.3) is 0 Å². The van der Waals surface area contributed by atoms with Gasteiger partial charge in [0, 0.05) is 19.6 Å². The predicted molar refractivity (Wildman–Crippen MR) is 88.3 cm³/mol. The van der Waals surface area contributed by atoms with E-state index in [2.05, 4.69) is 19.7 Å². The quantitative estimate of drug-likeness (QED) is 0.483. The van der Waals surface area contributed by atoms with Gasteiger partial charge >= 0.3 is 17.1 Å². The van der Waals surface area contributed by atoms with Gasteiger partial charge in [0.25, 0.3) is 0 Å². The van der Waals surface area contributed by atoms with Crippen molar-refractivity contribution in [3.63, 3.8) is 0 Å². The fraction of sp³-hybridized carbons (Fsp3) is 0.438. The van der Waals surface area contributed by atoms with Gasteiger partial charge in [0.05, 0.1) is 0 Å². The van der Waals surface area contributed by atoms with E-state index < -0.39 is 17.1 Å². The number of allylic oxidation sites excluding steroid dienone is 3. The van der Waals surface area contributed by atoms with Gasteiger partial charge < -0.3 is 0 Å². The molecule has 120 valence electrons. The second-order valence-corrected chi connectivity index (χ2v) is 4.89. The summed E-state index contributed by atoms with van der Waals surface area (Å²) >= 11 is 0. The Morgan fingerprint density at radius 2 is 1.00 bits per heavy atom. The number of nitrogens with zero attached hydrogens (tertiary/aromatic N) is 3. The van der Waals surface area contributed by atoms with Gasteiger partial charge in [-0.3, -0.25) is 0 Å². The van der Waals surface area contributed by atoms with Gasteiger partial charge in [0.15, 0.2) is 0 Å². The van der Waals surface area contributed by atoms with Gasteiger partial charge in [-0.15, -0.1) is 19.7 Å². The van der Waals surface area contributed by atoms with Crippen LogP contribution in [0, 0.1) is 0 Å². The Morgan fingerprint density at radius 1 is 0.636 bits per heavy atom. The number of unbranched alkanes of at least 4 members (excludes halogenated alkanes) is 1. The van der Waals surface area contributed by atoms with Crippen molar-refractivity contribution < 1.29 is 0 Å². The molecule has 0 amide bonds. The van der Waals surface area contributed by atoms with Crippen LogP contribution in [0.2, 0.25) is 0 Å². The molecule has 1 aromatic heterocycles. The van der Waals surface area contributed by atoms with Gasteiger partial charge in [-0.1, -0.05) is 18.2 Å². The first-order valence-corrected chi connectivity index (χ1v) is 7.35. The summed E-state index contributed by atoms with van der Waals surface area (Å²) in [6, 6.07) is 0. The minimum Gasteiger partial charge on any atom is -0.247 e. The van der Waals surface area contributed by atoms with E-state index in [9.17, 15) is 14.4 Å². The van der Waals surface area contributed by atoms with Crippen molar-refractivity contribution in [2.24, 2.45) is 0 Å². The second-order valence-electron chi connectivity index (χ2n) is 4.89. The zero-order valence-corrected chi connectivity index (χ0v) is 12.9. The van der Waals surface area contributed by atoms with E-state index in [-0.39, 0.29) is 19.6 Å². The summed E-state index contributed by atoms with van der Waals surface area (Å²) in [6.45, 7) is 11.5. The third-order valence-electron chi connectivity index (χ3n) is 3.29. The van der Waals surface area contributed by atoms with Crippen molar-refractivity contribution in [2.75, 3.05) is 0 Å². The van der Waals surface area contributed by atoms with Gasteiger partial charge in [0.1, 0.15) is 0 Å². The van der Waals surface area contributed by atoms with Crippen LogP contribution in [0.5, 0.6) is 0 Å². The minimum absolute atomic E-state index is 0.219. The van der Waals surface area contributed by atoms with Crippen molar-refractivity contribution in [2.45, 2.75) is 45.3 Å². The van der Waals surface area contributed by atoms with E-state index >= 15 is 0 Å². The lowest BCUT2D eigenvalue weighted by Crippen LogP contribution is -2.54. The summed E-state index contributed by atoms with van der Waals surface area (Å²) in [5.41, 5.74) is -1.69. The molecule has 0 atom stereocenters. The summed E-state index contributed by atoms with van der Waals surface area (Å²) in [6.07, 6.45) is 7.29.